The Labute approximate surface area is 136 Å². The van der Waals surface area contributed by atoms with E-state index in [2.05, 4.69) is 15.5 Å². The molecule has 0 amide bonds. The van der Waals surface area contributed by atoms with Crippen molar-refractivity contribution >= 4 is 17.4 Å². The molecule has 118 valence electrons. The standard InChI is InChI=1S/C16H15N3O3S/c20-13(15-18-19-16(21)22-15)10-17-12-8-4-5-9-14(12)23-11-6-2-1-3-7-11/h1-9,13,17,20H,10H2,(H,19,21). The van der Waals surface area contributed by atoms with Gasteiger partial charge in [-0.1, -0.05) is 42.1 Å². The molecule has 0 fully saturated rings. The van der Waals surface area contributed by atoms with Crippen LogP contribution in [0.5, 0.6) is 0 Å². The van der Waals surface area contributed by atoms with Gasteiger partial charge in [0.25, 0.3) is 0 Å². The van der Waals surface area contributed by atoms with E-state index in [1.165, 1.54) is 0 Å². The predicted molar refractivity (Wildman–Crippen MR) is 87.6 cm³/mol. The van der Waals surface area contributed by atoms with E-state index in [9.17, 15) is 9.90 Å². The molecule has 1 unspecified atom stereocenters. The van der Waals surface area contributed by atoms with Gasteiger partial charge in [0, 0.05) is 22.0 Å². The van der Waals surface area contributed by atoms with E-state index in [0.29, 0.717) is 0 Å². The number of rotatable bonds is 6. The van der Waals surface area contributed by atoms with E-state index in [1.807, 2.05) is 54.6 Å². The van der Waals surface area contributed by atoms with Crippen LogP contribution in [0, 0.1) is 0 Å². The van der Waals surface area contributed by atoms with E-state index in [1.54, 1.807) is 11.8 Å². The van der Waals surface area contributed by atoms with Gasteiger partial charge in [0.1, 0.15) is 6.10 Å². The Morgan fingerprint density at radius 2 is 1.91 bits per heavy atom. The fourth-order valence-corrected chi connectivity index (χ4v) is 2.94. The van der Waals surface area contributed by atoms with Gasteiger partial charge in [-0.25, -0.2) is 9.89 Å². The van der Waals surface area contributed by atoms with Crippen molar-refractivity contribution < 1.29 is 9.52 Å². The van der Waals surface area contributed by atoms with Gasteiger partial charge in [-0.3, -0.25) is 0 Å². The summed E-state index contributed by atoms with van der Waals surface area (Å²) in [4.78, 5) is 13.1. The third-order valence-electron chi connectivity index (χ3n) is 3.08. The average molecular weight is 329 g/mol. The van der Waals surface area contributed by atoms with Crippen molar-refractivity contribution in [2.24, 2.45) is 0 Å². The summed E-state index contributed by atoms with van der Waals surface area (Å²) in [5.41, 5.74) is 0.887. The van der Waals surface area contributed by atoms with E-state index in [4.69, 9.17) is 4.42 Å². The number of aromatic nitrogens is 2. The van der Waals surface area contributed by atoms with Crippen LogP contribution in [0.25, 0.3) is 0 Å². The van der Waals surface area contributed by atoms with Gasteiger partial charge in [-0.05, 0) is 24.3 Å². The zero-order chi connectivity index (χ0) is 16.1. The zero-order valence-electron chi connectivity index (χ0n) is 12.1. The second-order valence-electron chi connectivity index (χ2n) is 4.76. The monoisotopic (exact) mass is 329 g/mol. The smallest absolute Gasteiger partial charge is 0.390 e. The number of H-pyrrole nitrogens is 1. The molecule has 3 N–H and O–H groups in total. The lowest BCUT2D eigenvalue weighted by Crippen LogP contribution is -2.13. The summed E-state index contributed by atoms with van der Waals surface area (Å²) in [5.74, 6) is -0.713. The SMILES string of the molecule is O=c1[nH]nc(C(O)CNc2ccccc2Sc2ccccc2)o1. The van der Waals surface area contributed by atoms with Crippen molar-refractivity contribution in [3.63, 3.8) is 0 Å². The highest BCUT2D eigenvalue weighted by Crippen LogP contribution is 2.33. The number of nitrogens with one attached hydrogen (secondary N) is 2. The van der Waals surface area contributed by atoms with Gasteiger partial charge >= 0.3 is 5.76 Å². The molecule has 2 aromatic carbocycles. The number of benzene rings is 2. The molecule has 0 saturated carbocycles. The number of para-hydroxylation sites is 1. The molecule has 0 aliphatic rings. The molecule has 23 heavy (non-hydrogen) atoms. The lowest BCUT2D eigenvalue weighted by atomic mass is 10.3. The van der Waals surface area contributed by atoms with E-state index in [-0.39, 0.29) is 12.4 Å². The van der Waals surface area contributed by atoms with Crippen molar-refractivity contribution in [3.05, 3.63) is 71.0 Å². The van der Waals surface area contributed by atoms with Crippen LogP contribution in [0.1, 0.15) is 12.0 Å². The van der Waals surface area contributed by atoms with Crippen molar-refractivity contribution in [2.45, 2.75) is 15.9 Å². The molecule has 0 spiro atoms. The number of aliphatic hydroxyl groups is 1. The van der Waals surface area contributed by atoms with Crippen LogP contribution in [0.3, 0.4) is 0 Å². The molecule has 1 atom stereocenters. The summed E-state index contributed by atoms with van der Waals surface area (Å²) in [5, 5.41) is 18.9. The topological polar surface area (TPSA) is 91.2 Å². The molecule has 3 rings (SSSR count). The molecule has 1 heterocycles. The Kier molecular flexibility index (Phi) is 4.80. The summed E-state index contributed by atoms with van der Waals surface area (Å²) in [7, 11) is 0. The first kappa shape index (κ1) is 15.4. The van der Waals surface area contributed by atoms with Gasteiger partial charge in [0.15, 0.2) is 0 Å². The molecular weight excluding hydrogens is 314 g/mol. The number of anilines is 1. The molecule has 1 aromatic heterocycles. The van der Waals surface area contributed by atoms with E-state index in [0.717, 1.165) is 15.5 Å². The summed E-state index contributed by atoms with van der Waals surface area (Å²) < 4.78 is 4.74. The third kappa shape index (κ3) is 4.02. The first-order valence-electron chi connectivity index (χ1n) is 7.01. The fourth-order valence-electron chi connectivity index (χ4n) is 2.00. The van der Waals surface area contributed by atoms with Gasteiger partial charge < -0.3 is 14.8 Å². The van der Waals surface area contributed by atoms with Crippen molar-refractivity contribution in [3.8, 4) is 0 Å². The predicted octanol–water partition coefficient (Wildman–Crippen LogP) is 2.66. The highest BCUT2D eigenvalue weighted by Gasteiger charge is 2.14. The molecule has 0 aliphatic carbocycles. The molecule has 0 aliphatic heterocycles. The van der Waals surface area contributed by atoms with Crippen molar-refractivity contribution in [2.75, 3.05) is 11.9 Å². The lowest BCUT2D eigenvalue weighted by Gasteiger charge is -2.13. The Morgan fingerprint density at radius 1 is 1.17 bits per heavy atom. The van der Waals surface area contributed by atoms with Crippen LogP contribution < -0.4 is 11.1 Å². The van der Waals surface area contributed by atoms with Crippen molar-refractivity contribution in [1.29, 1.82) is 0 Å². The number of hydrogen-bond acceptors (Lipinski definition) is 6. The highest BCUT2D eigenvalue weighted by molar-refractivity contribution is 7.99. The number of aromatic amines is 1. The second kappa shape index (κ2) is 7.17. The molecule has 0 radical (unpaired) electrons. The summed E-state index contributed by atoms with van der Waals surface area (Å²) in [6.07, 6.45) is -1.01. The maximum atomic E-state index is 10.9. The van der Waals surface area contributed by atoms with Crippen LogP contribution in [0.15, 0.2) is 73.6 Å². The fraction of sp³-hybridized carbons (Fsp3) is 0.125. The third-order valence-corrected chi connectivity index (χ3v) is 4.17. The van der Waals surface area contributed by atoms with Crippen LogP contribution in [0.2, 0.25) is 0 Å². The Hall–Kier alpha value is -2.51. The first-order valence-corrected chi connectivity index (χ1v) is 7.83. The van der Waals surface area contributed by atoms with Crippen molar-refractivity contribution in [1.82, 2.24) is 10.2 Å². The number of nitrogens with zero attached hydrogens (tertiary/aromatic N) is 1. The van der Waals surface area contributed by atoms with Gasteiger partial charge in [-0.2, -0.15) is 0 Å². The maximum absolute atomic E-state index is 10.9. The Morgan fingerprint density at radius 3 is 2.65 bits per heavy atom. The minimum atomic E-state index is -1.01. The number of hydrogen-bond donors (Lipinski definition) is 3. The van der Waals surface area contributed by atoms with Gasteiger partial charge in [-0.15, -0.1) is 5.10 Å². The van der Waals surface area contributed by atoms with Crippen LogP contribution in [0.4, 0.5) is 5.69 Å². The normalized spacial score (nSPS) is 12.0. The molecule has 7 heteroatoms. The van der Waals surface area contributed by atoms with E-state index >= 15 is 0 Å². The average Bonchev–Trinajstić information content (AvgIpc) is 3.01. The molecule has 0 bridgehead atoms. The summed E-state index contributed by atoms with van der Waals surface area (Å²) in [6, 6.07) is 17.8. The first-order chi connectivity index (χ1) is 11.2. The van der Waals surface area contributed by atoms with Crippen LogP contribution >= 0.6 is 11.8 Å². The zero-order valence-corrected chi connectivity index (χ0v) is 12.9. The summed E-state index contributed by atoms with van der Waals surface area (Å²) in [6.45, 7) is 0.181. The molecule has 6 nitrogen and oxygen atoms in total. The minimum absolute atomic E-state index is 0.0318. The van der Waals surface area contributed by atoms with E-state index < -0.39 is 11.9 Å². The quantitative estimate of drug-likeness (QED) is 0.644. The maximum Gasteiger partial charge on any atom is 0.434 e. The Bertz CT molecular complexity index is 816. The van der Waals surface area contributed by atoms with Gasteiger partial charge in [0.05, 0.1) is 0 Å². The number of aliphatic hydroxyl groups excluding tert-OH is 1. The minimum Gasteiger partial charge on any atom is -0.390 e. The lowest BCUT2D eigenvalue weighted by molar-refractivity contribution is 0.154. The molecule has 3 aromatic rings. The molecule has 0 saturated heterocycles. The molecular formula is C16H15N3O3S. The van der Waals surface area contributed by atoms with Crippen LogP contribution in [-0.4, -0.2) is 21.8 Å². The Balaban J connectivity index is 1.69. The van der Waals surface area contributed by atoms with Crippen LogP contribution in [-0.2, 0) is 0 Å². The highest BCUT2D eigenvalue weighted by atomic mass is 32.2. The largest absolute Gasteiger partial charge is 0.434 e. The van der Waals surface area contributed by atoms with Gasteiger partial charge in [0.2, 0.25) is 5.89 Å². The summed E-state index contributed by atoms with van der Waals surface area (Å²) >= 11 is 1.63. The second-order valence-corrected chi connectivity index (χ2v) is 5.87.